The smallest absolute Gasteiger partial charge is 0.222 e. The van der Waals surface area contributed by atoms with Crippen LogP contribution < -0.4 is 4.74 Å². The van der Waals surface area contributed by atoms with Crippen LogP contribution in [0.2, 0.25) is 0 Å². The molecule has 21 heavy (non-hydrogen) atoms. The van der Waals surface area contributed by atoms with Crippen LogP contribution in [0.15, 0.2) is 24.3 Å². The lowest BCUT2D eigenvalue weighted by Gasteiger charge is -2.32. The highest BCUT2D eigenvalue weighted by Gasteiger charge is 2.23. The molecule has 0 bridgehead atoms. The van der Waals surface area contributed by atoms with Crippen LogP contribution in [-0.4, -0.2) is 43.2 Å². The van der Waals surface area contributed by atoms with Crippen molar-refractivity contribution >= 4 is 5.91 Å². The van der Waals surface area contributed by atoms with Crippen LogP contribution in [-0.2, 0) is 9.53 Å². The van der Waals surface area contributed by atoms with Crippen molar-refractivity contribution in [3.63, 3.8) is 0 Å². The summed E-state index contributed by atoms with van der Waals surface area (Å²) >= 11 is 0. The molecule has 0 aliphatic carbocycles. The molecule has 1 aliphatic rings. The van der Waals surface area contributed by atoms with Crippen molar-refractivity contribution in [1.82, 2.24) is 4.90 Å². The third-order valence-electron chi connectivity index (χ3n) is 3.78. The van der Waals surface area contributed by atoms with Gasteiger partial charge in [0.15, 0.2) is 0 Å². The first-order valence-electron chi connectivity index (χ1n) is 7.72. The standard InChI is InChI=1S/C17H25NO3/c1-4-17(19)18-9-10-20-16(11-18)12-21-15-7-5-14(6-8-15)13(2)3/h5-8,13,16H,4,9-12H2,1-3H3/t16-/m0/s1. The van der Waals surface area contributed by atoms with Gasteiger partial charge in [0.25, 0.3) is 0 Å². The first kappa shape index (κ1) is 15.8. The zero-order chi connectivity index (χ0) is 15.2. The number of hydrogen-bond donors (Lipinski definition) is 0. The summed E-state index contributed by atoms with van der Waals surface area (Å²) in [6.07, 6.45) is 0.503. The van der Waals surface area contributed by atoms with Crippen molar-refractivity contribution < 1.29 is 14.3 Å². The maximum absolute atomic E-state index is 11.7. The van der Waals surface area contributed by atoms with Gasteiger partial charge in [-0.1, -0.05) is 32.9 Å². The minimum absolute atomic E-state index is 0.0426. The fourth-order valence-corrected chi connectivity index (χ4v) is 2.41. The summed E-state index contributed by atoms with van der Waals surface area (Å²) in [4.78, 5) is 13.6. The Balaban J connectivity index is 1.83. The van der Waals surface area contributed by atoms with E-state index in [9.17, 15) is 4.79 Å². The molecule has 2 rings (SSSR count). The fourth-order valence-electron chi connectivity index (χ4n) is 2.41. The normalized spacial score (nSPS) is 18.9. The van der Waals surface area contributed by atoms with Crippen LogP contribution >= 0.6 is 0 Å². The number of carbonyl (C=O) groups excluding carboxylic acids is 1. The molecule has 1 fully saturated rings. The van der Waals surface area contributed by atoms with Crippen LogP contribution in [0.25, 0.3) is 0 Å². The van der Waals surface area contributed by atoms with Gasteiger partial charge in [-0.25, -0.2) is 0 Å². The topological polar surface area (TPSA) is 38.8 Å². The van der Waals surface area contributed by atoms with Gasteiger partial charge in [0.2, 0.25) is 5.91 Å². The number of ether oxygens (including phenoxy) is 2. The van der Waals surface area contributed by atoms with E-state index in [4.69, 9.17) is 9.47 Å². The maximum atomic E-state index is 11.7. The second-order valence-corrected chi connectivity index (χ2v) is 5.72. The Kier molecular flexibility index (Phi) is 5.62. The molecule has 4 nitrogen and oxygen atoms in total. The van der Waals surface area contributed by atoms with E-state index < -0.39 is 0 Å². The van der Waals surface area contributed by atoms with E-state index in [1.54, 1.807) is 0 Å². The Labute approximate surface area is 127 Å². The number of benzene rings is 1. The average molecular weight is 291 g/mol. The van der Waals surface area contributed by atoms with Crippen molar-refractivity contribution in [3.8, 4) is 5.75 Å². The molecule has 116 valence electrons. The highest BCUT2D eigenvalue weighted by Crippen LogP contribution is 2.19. The van der Waals surface area contributed by atoms with Crippen molar-refractivity contribution in [2.24, 2.45) is 0 Å². The van der Waals surface area contributed by atoms with E-state index in [1.165, 1.54) is 5.56 Å². The number of amides is 1. The second kappa shape index (κ2) is 7.46. The molecule has 4 heteroatoms. The predicted molar refractivity (Wildman–Crippen MR) is 82.6 cm³/mol. The third kappa shape index (κ3) is 4.46. The Bertz CT molecular complexity index is 456. The third-order valence-corrected chi connectivity index (χ3v) is 3.78. The Morgan fingerprint density at radius 2 is 2.10 bits per heavy atom. The van der Waals surface area contributed by atoms with Gasteiger partial charge in [0.1, 0.15) is 18.5 Å². The average Bonchev–Trinajstić information content (AvgIpc) is 2.52. The van der Waals surface area contributed by atoms with Crippen molar-refractivity contribution in [2.75, 3.05) is 26.3 Å². The first-order chi connectivity index (χ1) is 10.1. The van der Waals surface area contributed by atoms with Gasteiger partial charge in [0.05, 0.1) is 13.2 Å². The number of hydrogen-bond acceptors (Lipinski definition) is 3. The van der Waals surface area contributed by atoms with Crippen LogP contribution in [0, 0.1) is 0 Å². The van der Waals surface area contributed by atoms with E-state index in [-0.39, 0.29) is 12.0 Å². The van der Waals surface area contributed by atoms with Gasteiger partial charge < -0.3 is 14.4 Å². The lowest BCUT2D eigenvalue weighted by atomic mass is 10.0. The van der Waals surface area contributed by atoms with Gasteiger partial charge in [0, 0.05) is 13.0 Å². The fraction of sp³-hybridized carbons (Fsp3) is 0.588. The second-order valence-electron chi connectivity index (χ2n) is 5.72. The van der Waals surface area contributed by atoms with Gasteiger partial charge >= 0.3 is 0 Å². The lowest BCUT2D eigenvalue weighted by molar-refractivity contribution is -0.139. The van der Waals surface area contributed by atoms with E-state index in [2.05, 4.69) is 26.0 Å². The molecule has 0 spiro atoms. The highest BCUT2D eigenvalue weighted by atomic mass is 16.5. The summed E-state index contributed by atoms with van der Waals surface area (Å²) in [6.45, 7) is 8.61. The van der Waals surface area contributed by atoms with Crippen LogP contribution in [0.1, 0.15) is 38.7 Å². The minimum atomic E-state index is -0.0426. The summed E-state index contributed by atoms with van der Waals surface area (Å²) in [5, 5.41) is 0. The Morgan fingerprint density at radius 1 is 1.38 bits per heavy atom. The van der Waals surface area contributed by atoms with Crippen molar-refractivity contribution in [1.29, 1.82) is 0 Å². The highest BCUT2D eigenvalue weighted by molar-refractivity contribution is 5.75. The monoisotopic (exact) mass is 291 g/mol. The molecule has 1 saturated heterocycles. The SMILES string of the molecule is CCC(=O)N1CCO[C@H](COc2ccc(C(C)C)cc2)C1. The van der Waals surface area contributed by atoms with Crippen LogP contribution in [0.3, 0.4) is 0 Å². The van der Waals surface area contributed by atoms with E-state index in [0.29, 0.717) is 38.6 Å². The van der Waals surface area contributed by atoms with Crippen LogP contribution in [0.5, 0.6) is 5.75 Å². The zero-order valence-electron chi connectivity index (χ0n) is 13.2. The van der Waals surface area contributed by atoms with E-state index >= 15 is 0 Å². The molecule has 0 N–H and O–H groups in total. The lowest BCUT2D eigenvalue weighted by Crippen LogP contribution is -2.47. The maximum Gasteiger partial charge on any atom is 0.222 e. The van der Waals surface area contributed by atoms with E-state index in [0.717, 1.165) is 5.75 Å². The summed E-state index contributed by atoms with van der Waals surface area (Å²) in [6, 6.07) is 8.17. The Hall–Kier alpha value is -1.55. The van der Waals surface area contributed by atoms with Crippen molar-refractivity contribution in [3.05, 3.63) is 29.8 Å². The molecule has 1 aliphatic heterocycles. The molecule has 1 amide bonds. The molecule has 0 unspecified atom stereocenters. The van der Waals surface area contributed by atoms with Gasteiger partial charge in [-0.3, -0.25) is 4.79 Å². The molecule has 0 saturated carbocycles. The molecule has 1 aromatic rings. The molecule has 1 atom stereocenters. The summed E-state index contributed by atoms with van der Waals surface area (Å²) in [7, 11) is 0. The summed E-state index contributed by atoms with van der Waals surface area (Å²) in [5.74, 6) is 1.56. The van der Waals surface area contributed by atoms with Gasteiger partial charge in [-0.05, 0) is 23.6 Å². The predicted octanol–water partition coefficient (Wildman–Crippen LogP) is 2.83. The summed E-state index contributed by atoms with van der Waals surface area (Å²) in [5.41, 5.74) is 1.30. The number of rotatable bonds is 5. The molecular formula is C17H25NO3. The van der Waals surface area contributed by atoms with Crippen molar-refractivity contribution in [2.45, 2.75) is 39.2 Å². The number of morpholine rings is 1. The van der Waals surface area contributed by atoms with Gasteiger partial charge in [-0.15, -0.1) is 0 Å². The first-order valence-corrected chi connectivity index (χ1v) is 7.72. The zero-order valence-corrected chi connectivity index (χ0v) is 13.2. The molecule has 0 aromatic heterocycles. The van der Waals surface area contributed by atoms with Gasteiger partial charge in [-0.2, -0.15) is 0 Å². The number of nitrogens with zero attached hydrogens (tertiary/aromatic N) is 1. The number of carbonyl (C=O) groups is 1. The molecule has 1 aromatic carbocycles. The van der Waals surface area contributed by atoms with Crippen LogP contribution in [0.4, 0.5) is 0 Å². The molecule has 0 radical (unpaired) electrons. The molecular weight excluding hydrogens is 266 g/mol. The Morgan fingerprint density at radius 3 is 2.71 bits per heavy atom. The van der Waals surface area contributed by atoms with E-state index in [1.807, 2.05) is 24.0 Å². The largest absolute Gasteiger partial charge is 0.491 e. The summed E-state index contributed by atoms with van der Waals surface area (Å²) < 4.78 is 11.4. The molecule has 1 heterocycles. The quantitative estimate of drug-likeness (QED) is 0.837. The minimum Gasteiger partial charge on any atom is -0.491 e.